The van der Waals surface area contributed by atoms with Crippen LogP contribution >= 0.6 is 0 Å². The van der Waals surface area contributed by atoms with Gasteiger partial charge in [-0.25, -0.2) is 0 Å². The van der Waals surface area contributed by atoms with Gasteiger partial charge < -0.3 is 9.31 Å². The topological polar surface area (TPSA) is 18.5 Å². The third-order valence-corrected chi connectivity index (χ3v) is 4.71. The van der Waals surface area contributed by atoms with Crippen LogP contribution in [0.2, 0.25) is 0 Å². The summed E-state index contributed by atoms with van der Waals surface area (Å²) >= 11 is 0. The Balaban J connectivity index is 2.70. The average molecular weight is 264 g/mol. The van der Waals surface area contributed by atoms with E-state index in [0.29, 0.717) is 5.92 Å². The second kappa shape index (κ2) is 5.84. The molecule has 0 saturated carbocycles. The monoisotopic (exact) mass is 264 g/mol. The Labute approximate surface area is 119 Å². The van der Waals surface area contributed by atoms with E-state index < -0.39 is 0 Å². The number of hydrogen-bond acceptors (Lipinski definition) is 2. The van der Waals surface area contributed by atoms with Crippen molar-refractivity contribution in [2.24, 2.45) is 5.92 Å². The van der Waals surface area contributed by atoms with Crippen molar-refractivity contribution in [3.63, 3.8) is 0 Å². The summed E-state index contributed by atoms with van der Waals surface area (Å²) in [5.74, 6) is 2.48. The predicted molar refractivity (Wildman–Crippen MR) is 83.1 cm³/mol. The molecule has 0 amide bonds. The van der Waals surface area contributed by atoms with E-state index in [2.05, 4.69) is 61.5 Å². The summed E-state index contributed by atoms with van der Waals surface area (Å²) in [5.41, 5.74) is 2.40. The quantitative estimate of drug-likeness (QED) is 0.547. The highest BCUT2D eigenvalue weighted by atomic mass is 16.7. The molecule has 1 aliphatic rings. The van der Waals surface area contributed by atoms with Gasteiger partial charge in [0.1, 0.15) is 0 Å². The van der Waals surface area contributed by atoms with E-state index in [1.165, 1.54) is 11.1 Å². The fourth-order valence-electron chi connectivity index (χ4n) is 2.04. The minimum Gasteiger partial charge on any atom is -0.400 e. The Kier molecular flexibility index (Phi) is 5.08. The summed E-state index contributed by atoms with van der Waals surface area (Å²) in [4.78, 5) is 0. The van der Waals surface area contributed by atoms with Crippen LogP contribution in [0.25, 0.3) is 0 Å². The molecule has 0 aromatic carbocycles. The summed E-state index contributed by atoms with van der Waals surface area (Å²) in [6.07, 6.45) is 3.30. The van der Waals surface area contributed by atoms with Gasteiger partial charge >= 0.3 is 7.12 Å². The molecule has 0 aromatic rings. The van der Waals surface area contributed by atoms with Gasteiger partial charge in [0, 0.05) is 0 Å². The summed E-state index contributed by atoms with van der Waals surface area (Å²) < 4.78 is 11.9. The Morgan fingerprint density at radius 3 is 2.00 bits per heavy atom. The molecule has 0 bridgehead atoms. The molecule has 19 heavy (non-hydrogen) atoms. The molecule has 1 heterocycles. The zero-order chi connectivity index (χ0) is 14.8. The van der Waals surface area contributed by atoms with Gasteiger partial charge in [0.25, 0.3) is 0 Å². The van der Waals surface area contributed by atoms with Crippen molar-refractivity contribution in [2.45, 2.75) is 73.0 Å². The van der Waals surface area contributed by atoms with Gasteiger partial charge in [-0.2, -0.15) is 0 Å². The minimum atomic E-state index is -0.255. The van der Waals surface area contributed by atoms with Crippen molar-refractivity contribution in [1.29, 1.82) is 0 Å². The lowest BCUT2D eigenvalue weighted by molar-refractivity contribution is 0.00578. The van der Waals surface area contributed by atoms with E-state index in [-0.39, 0.29) is 18.3 Å². The van der Waals surface area contributed by atoms with Crippen molar-refractivity contribution >= 4 is 7.12 Å². The lowest BCUT2D eigenvalue weighted by Crippen LogP contribution is -2.41. The fraction of sp³-hybridized carbons (Fsp3) is 0.750. The minimum absolute atomic E-state index is 0.234. The van der Waals surface area contributed by atoms with Crippen molar-refractivity contribution in [3.8, 4) is 0 Å². The fourth-order valence-corrected chi connectivity index (χ4v) is 2.04. The lowest BCUT2D eigenvalue weighted by Gasteiger charge is -2.32. The predicted octanol–water partition coefficient (Wildman–Crippen LogP) is 4.56. The first-order valence-corrected chi connectivity index (χ1v) is 7.31. The van der Waals surface area contributed by atoms with Crippen LogP contribution in [-0.4, -0.2) is 18.3 Å². The summed E-state index contributed by atoms with van der Waals surface area (Å²) in [6.45, 7) is 17.1. The van der Waals surface area contributed by atoms with Crippen LogP contribution in [0, 0.1) is 5.92 Å². The average Bonchev–Trinajstić information content (AvgIpc) is 2.52. The Bertz CT molecular complexity index is 364. The van der Waals surface area contributed by atoms with Crippen molar-refractivity contribution in [1.82, 2.24) is 0 Å². The van der Waals surface area contributed by atoms with Crippen LogP contribution < -0.4 is 0 Å². The zero-order valence-electron chi connectivity index (χ0n) is 13.8. The van der Waals surface area contributed by atoms with Crippen LogP contribution in [-0.2, 0) is 9.31 Å². The highest BCUT2D eigenvalue weighted by Gasteiger charge is 2.49. The van der Waals surface area contributed by atoms with Crippen LogP contribution in [0.15, 0.2) is 23.2 Å². The molecule has 3 heteroatoms. The molecule has 1 unspecified atom stereocenters. The second-order valence-corrected chi connectivity index (χ2v) is 6.62. The highest BCUT2D eigenvalue weighted by Crippen LogP contribution is 2.37. The van der Waals surface area contributed by atoms with E-state index in [1.807, 2.05) is 5.98 Å². The van der Waals surface area contributed by atoms with Gasteiger partial charge in [0.05, 0.1) is 11.2 Å². The molecule has 0 spiro atoms. The maximum Gasteiger partial charge on any atom is 0.486 e. The molecule has 0 aromatic heterocycles. The largest absolute Gasteiger partial charge is 0.486 e. The summed E-state index contributed by atoms with van der Waals surface area (Å²) in [6, 6.07) is 0. The van der Waals surface area contributed by atoms with Crippen molar-refractivity contribution < 1.29 is 9.31 Å². The molecule has 108 valence electrons. The van der Waals surface area contributed by atoms with Gasteiger partial charge in [-0.15, -0.1) is 0 Å². The SMILES string of the molecule is CC/C(C)=C(/C)C(C)/C=C/B1OC(C)(C)C(C)(C)O1. The van der Waals surface area contributed by atoms with Crippen LogP contribution in [0.3, 0.4) is 0 Å². The third kappa shape index (κ3) is 3.73. The van der Waals surface area contributed by atoms with Crippen LogP contribution in [0.5, 0.6) is 0 Å². The maximum absolute atomic E-state index is 5.96. The van der Waals surface area contributed by atoms with Gasteiger partial charge in [0.2, 0.25) is 0 Å². The molecular weight excluding hydrogens is 235 g/mol. The van der Waals surface area contributed by atoms with Gasteiger partial charge in [-0.05, 0) is 53.9 Å². The maximum atomic E-state index is 5.96. The summed E-state index contributed by atoms with van der Waals surface area (Å²) in [7, 11) is -0.234. The Morgan fingerprint density at radius 1 is 1.11 bits per heavy atom. The van der Waals surface area contributed by atoms with E-state index >= 15 is 0 Å². The van der Waals surface area contributed by atoms with Gasteiger partial charge in [-0.1, -0.05) is 37.0 Å². The van der Waals surface area contributed by atoms with E-state index in [1.54, 1.807) is 0 Å². The number of hydrogen-bond donors (Lipinski definition) is 0. The number of allylic oxidation sites excluding steroid dienone is 3. The molecular formula is C16H29BO2. The normalized spacial score (nSPS) is 24.7. The molecule has 2 nitrogen and oxygen atoms in total. The molecule has 0 radical (unpaired) electrons. The molecule has 0 N–H and O–H groups in total. The molecule has 1 atom stereocenters. The molecule has 1 rings (SSSR count). The van der Waals surface area contributed by atoms with Crippen LogP contribution in [0.4, 0.5) is 0 Å². The van der Waals surface area contributed by atoms with E-state index in [0.717, 1.165) is 6.42 Å². The third-order valence-electron chi connectivity index (χ3n) is 4.71. The molecule has 1 saturated heterocycles. The van der Waals surface area contributed by atoms with Gasteiger partial charge in [0.15, 0.2) is 0 Å². The Hall–Kier alpha value is -0.535. The zero-order valence-corrected chi connectivity index (χ0v) is 13.8. The van der Waals surface area contributed by atoms with Gasteiger partial charge in [-0.3, -0.25) is 0 Å². The second-order valence-electron chi connectivity index (χ2n) is 6.62. The Morgan fingerprint density at radius 2 is 1.58 bits per heavy atom. The smallest absolute Gasteiger partial charge is 0.400 e. The standard InChI is InChI=1S/C16H29BO2/c1-9-12(2)14(4)13(3)10-11-17-18-15(5,6)16(7,8)19-17/h10-11,13H,9H2,1-8H3/b11-10+,14-12-. The first-order valence-electron chi connectivity index (χ1n) is 7.31. The molecule has 1 fully saturated rings. The lowest BCUT2D eigenvalue weighted by atomic mass is 9.86. The number of rotatable bonds is 4. The summed E-state index contributed by atoms with van der Waals surface area (Å²) in [5, 5.41) is 0. The first kappa shape index (κ1) is 16.5. The molecule has 1 aliphatic heterocycles. The van der Waals surface area contributed by atoms with Crippen molar-refractivity contribution in [2.75, 3.05) is 0 Å². The van der Waals surface area contributed by atoms with E-state index in [4.69, 9.17) is 9.31 Å². The first-order chi connectivity index (χ1) is 8.60. The highest BCUT2D eigenvalue weighted by molar-refractivity contribution is 6.51. The van der Waals surface area contributed by atoms with Crippen molar-refractivity contribution in [3.05, 3.63) is 23.2 Å². The molecule has 0 aliphatic carbocycles. The van der Waals surface area contributed by atoms with Crippen LogP contribution in [0.1, 0.15) is 61.8 Å². The van der Waals surface area contributed by atoms with E-state index in [9.17, 15) is 0 Å².